The van der Waals surface area contributed by atoms with Gasteiger partial charge >= 0.3 is 0 Å². The monoisotopic (exact) mass is 299 g/mol. The number of nitrogens with one attached hydrogen (secondary N) is 1. The fourth-order valence-electron chi connectivity index (χ4n) is 3.01. The van der Waals surface area contributed by atoms with Crippen LogP contribution in [0.4, 0.5) is 0 Å². The first kappa shape index (κ1) is 15.8. The second-order valence-corrected chi connectivity index (χ2v) is 5.83. The van der Waals surface area contributed by atoms with Gasteiger partial charge in [0.15, 0.2) is 0 Å². The molecule has 2 heterocycles. The molecule has 2 rings (SSSR count). The molecule has 0 aliphatic carbocycles. The molecule has 1 saturated heterocycles. The SMILES string of the molecule is CCc1nn(CC)c(CC(NC)C2CCCOC2)c1Cl. The van der Waals surface area contributed by atoms with Crippen LogP contribution in [0.15, 0.2) is 0 Å². The van der Waals surface area contributed by atoms with E-state index in [0.717, 1.165) is 55.4 Å². The van der Waals surface area contributed by atoms with E-state index in [2.05, 4.69) is 28.9 Å². The van der Waals surface area contributed by atoms with Crippen LogP contribution in [-0.2, 0) is 24.1 Å². The highest BCUT2D eigenvalue weighted by Crippen LogP contribution is 2.26. The second kappa shape index (κ2) is 7.43. The number of rotatable bonds is 6. The van der Waals surface area contributed by atoms with Crippen LogP contribution in [0.3, 0.4) is 0 Å². The molecule has 0 spiro atoms. The molecule has 114 valence electrons. The Morgan fingerprint density at radius 3 is 2.85 bits per heavy atom. The number of hydrogen-bond donors (Lipinski definition) is 1. The van der Waals surface area contributed by atoms with E-state index in [1.807, 2.05) is 7.05 Å². The molecule has 1 aliphatic rings. The van der Waals surface area contributed by atoms with Gasteiger partial charge in [0.05, 0.1) is 23.0 Å². The summed E-state index contributed by atoms with van der Waals surface area (Å²) in [5.74, 6) is 0.565. The zero-order chi connectivity index (χ0) is 14.5. The second-order valence-electron chi connectivity index (χ2n) is 5.45. The smallest absolute Gasteiger partial charge is 0.0850 e. The quantitative estimate of drug-likeness (QED) is 0.878. The summed E-state index contributed by atoms with van der Waals surface area (Å²) in [6, 6.07) is 0.402. The summed E-state index contributed by atoms with van der Waals surface area (Å²) in [6.45, 7) is 6.84. The van der Waals surface area contributed by atoms with Crippen LogP contribution in [0, 0.1) is 5.92 Å². The third kappa shape index (κ3) is 3.35. The largest absolute Gasteiger partial charge is 0.381 e. The van der Waals surface area contributed by atoms with Gasteiger partial charge in [-0.1, -0.05) is 18.5 Å². The molecule has 20 heavy (non-hydrogen) atoms. The normalized spacial score (nSPS) is 21.1. The van der Waals surface area contributed by atoms with Crippen LogP contribution >= 0.6 is 11.6 Å². The lowest BCUT2D eigenvalue weighted by molar-refractivity contribution is 0.0402. The van der Waals surface area contributed by atoms with Crippen molar-refractivity contribution in [2.75, 3.05) is 20.3 Å². The number of aryl methyl sites for hydroxylation is 2. The topological polar surface area (TPSA) is 39.1 Å². The molecular formula is C15H26ClN3O. The third-order valence-corrected chi connectivity index (χ3v) is 4.68. The van der Waals surface area contributed by atoms with E-state index in [9.17, 15) is 0 Å². The fourth-order valence-corrected chi connectivity index (χ4v) is 3.35. The number of aromatic nitrogens is 2. The predicted molar refractivity (Wildman–Crippen MR) is 82.4 cm³/mol. The lowest BCUT2D eigenvalue weighted by atomic mass is 9.90. The summed E-state index contributed by atoms with van der Waals surface area (Å²) in [5, 5.41) is 8.90. The molecular weight excluding hydrogens is 274 g/mol. The third-order valence-electron chi connectivity index (χ3n) is 4.24. The van der Waals surface area contributed by atoms with E-state index in [1.54, 1.807) is 0 Å². The van der Waals surface area contributed by atoms with E-state index in [0.29, 0.717) is 12.0 Å². The van der Waals surface area contributed by atoms with Crippen molar-refractivity contribution in [3.8, 4) is 0 Å². The Hall–Kier alpha value is -0.580. The maximum absolute atomic E-state index is 6.51. The zero-order valence-corrected chi connectivity index (χ0v) is 13.5. The van der Waals surface area contributed by atoms with Crippen LogP contribution in [0.1, 0.15) is 38.1 Å². The Morgan fingerprint density at radius 1 is 1.50 bits per heavy atom. The molecule has 1 aromatic rings. The van der Waals surface area contributed by atoms with Crippen molar-refractivity contribution in [2.24, 2.45) is 5.92 Å². The molecule has 0 saturated carbocycles. The first-order valence-electron chi connectivity index (χ1n) is 7.70. The van der Waals surface area contributed by atoms with Crippen LogP contribution in [0.25, 0.3) is 0 Å². The summed E-state index contributed by atoms with van der Waals surface area (Å²) in [4.78, 5) is 0. The van der Waals surface area contributed by atoms with E-state index in [-0.39, 0.29) is 0 Å². The zero-order valence-electron chi connectivity index (χ0n) is 12.8. The van der Waals surface area contributed by atoms with E-state index >= 15 is 0 Å². The van der Waals surface area contributed by atoms with Crippen molar-refractivity contribution in [1.82, 2.24) is 15.1 Å². The highest BCUT2D eigenvalue weighted by atomic mass is 35.5. The van der Waals surface area contributed by atoms with Crippen molar-refractivity contribution in [3.05, 3.63) is 16.4 Å². The lowest BCUT2D eigenvalue weighted by Gasteiger charge is -2.30. The summed E-state index contributed by atoms with van der Waals surface area (Å²) >= 11 is 6.51. The number of likely N-dealkylation sites (N-methyl/N-ethyl adjacent to an activating group) is 1. The average Bonchev–Trinajstić information content (AvgIpc) is 2.81. The summed E-state index contributed by atoms with van der Waals surface area (Å²) in [6.07, 6.45) is 4.19. The fraction of sp³-hybridized carbons (Fsp3) is 0.800. The van der Waals surface area contributed by atoms with E-state index in [4.69, 9.17) is 16.3 Å². The van der Waals surface area contributed by atoms with Crippen LogP contribution < -0.4 is 5.32 Å². The number of ether oxygens (including phenoxy) is 1. The Bertz CT molecular complexity index is 427. The van der Waals surface area contributed by atoms with Gasteiger partial charge in [0, 0.05) is 25.6 Å². The van der Waals surface area contributed by atoms with E-state index < -0.39 is 0 Å². The van der Waals surface area contributed by atoms with Gasteiger partial charge in [0.1, 0.15) is 0 Å². The molecule has 0 aromatic carbocycles. The Balaban J connectivity index is 2.15. The summed E-state index contributed by atoms with van der Waals surface area (Å²) < 4.78 is 7.67. The minimum atomic E-state index is 0.402. The Morgan fingerprint density at radius 2 is 2.30 bits per heavy atom. The van der Waals surface area contributed by atoms with Crippen LogP contribution in [0.5, 0.6) is 0 Å². The average molecular weight is 300 g/mol. The summed E-state index contributed by atoms with van der Waals surface area (Å²) in [7, 11) is 2.03. The standard InChI is InChI=1S/C15H26ClN3O/c1-4-12-15(16)14(19(5-2)18-12)9-13(17-3)11-7-6-8-20-10-11/h11,13,17H,4-10H2,1-3H3. The van der Waals surface area contributed by atoms with Gasteiger partial charge in [-0.25, -0.2) is 0 Å². The summed E-state index contributed by atoms with van der Waals surface area (Å²) in [5.41, 5.74) is 2.18. The molecule has 0 amide bonds. The van der Waals surface area contributed by atoms with Gasteiger partial charge in [0.2, 0.25) is 0 Å². The van der Waals surface area contributed by atoms with Crippen molar-refractivity contribution in [3.63, 3.8) is 0 Å². The molecule has 5 heteroatoms. The lowest BCUT2D eigenvalue weighted by Crippen LogP contribution is -2.40. The maximum atomic E-state index is 6.51. The molecule has 1 aliphatic heterocycles. The van der Waals surface area contributed by atoms with Gasteiger partial charge in [-0.15, -0.1) is 0 Å². The van der Waals surface area contributed by atoms with Gasteiger partial charge in [-0.2, -0.15) is 5.10 Å². The Kier molecular flexibility index (Phi) is 5.87. The number of nitrogens with zero attached hydrogens (tertiary/aromatic N) is 2. The molecule has 2 atom stereocenters. The molecule has 0 radical (unpaired) electrons. The van der Waals surface area contributed by atoms with Gasteiger partial charge in [-0.3, -0.25) is 4.68 Å². The minimum absolute atomic E-state index is 0.402. The molecule has 1 fully saturated rings. The Labute approximate surface area is 126 Å². The van der Waals surface area contributed by atoms with Crippen LogP contribution in [-0.4, -0.2) is 36.1 Å². The van der Waals surface area contributed by atoms with Crippen LogP contribution in [0.2, 0.25) is 5.02 Å². The minimum Gasteiger partial charge on any atom is -0.381 e. The number of hydrogen-bond acceptors (Lipinski definition) is 3. The van der Waals surface area contributed by atoms with Crippen molar-refractivity contribution in [2.45, 2.75) is 52.1 Å². The molecule has 0 bridgehead atoms. The maximum Gasteiger partial charge on any atom is 0.0850 e. The first-order chi connectivity index (χ1) is 9.71. The molecule has 4 nitrogen and oxygen atoms in total. The van der Waals surface area contributed by atoms with Crippen molar-refractivity contribution < 1.29 is 4.74 Å². The highest BCUT2D eigenvalue weighted by Gasteiger charge is 2.26. The molecule has 1 N–H and O–H groups in total. The molecule has 2 unspecified atom stereocenters. The predicted octanol–water partition coefficient (Wildman–Crippen LogP) is 2.68. The van der Waals surface area contributed by atoms with Crippen molar-refractivity contribution in [1.29, 1.82) is 0 Å². The van der Waals surface area contributed by atoms with E-state index in [1.165, 1.54) is 6.42 Å². The van der Waals surface area contributed by atoms with Gasteiger partial charge in [-0.05, 0) is 39.2 Å². The first-order valence-corrected chi connectivity index (χ1v) is 8.08. The van der Waals surface area contributed by atoms with Gasteiger partial charge in [0.25, 0.3) is 0 Å². The number of halogens is 1. The van der Waals surface area contributed by atoms with Crippen molar-refractivity contribution >= 4 is 11.6 Å². The molecule has 1 aromatic heterocycles. The van der Waals surface area contributed by atoms with Gasteiger partial charge < -0.3 is 10.1 Å². The highest BCUT2D eigenvalue weighted by molar-refractivity contribution is 6.31.